The lowest BCUT2D eigenvalue weighted by Crippen LogP contribution is -2.26. The zero-order valence-corrected chi connectivity index (χ0v) is 12.0. The van der Waals surface area contributed by atoms with Crippen molar-refractivity contribution in [3.8, 4) is 5.75 Å². The van der Waals surface area contributed by atoms with Crippen LogP contribution < -0.4 is 4.74 Å². The zero-order valence-electron chi connectivity index (χ0n) is 10.4. The third-order valence-corrected chi connectivity index (χ3v) is 2.95. The van der Waals surface area contributed by atoms with Gasteiger partial charge in [0.05, 0.1) is 9.40 Å². The number of nitro benzene ring substituents is 1. The Bertz CT molecular complexity index is 479. The maximum absolute atomic E-state index is 11.7. The van der Waals surface area contributed by atoms with Gasteiger partial charge in [-0.05, 0) is 22.0 Å². The first-order valence-corrected chi connectivity index (χ1v) is 6.12. The summed E-state index contributed by atoms with van der Waals surface area (Å²) in [6.45, 7) is 5.13. The predicted octanol–water partition coefficient (Wildman–Crippen LogP) is 3.35. The number of para-hydroxylation sites is 1. The molecule has 0 unspecified atom stereocenters. The molecule has 0 atom stereocenters. The Labute approximate surface area is 113 Å². The molecule has 98 valence electrons. The molecule has 0 amide bonds. The van der Waals surface area contributed by atoms with Crippen LogP contribution in [0.5, 0.6) is 5.75 Å². The molecule has 1 aromatic carbocycles. The highest BCUT2D eigenvalue weighted by molar-refractivity contribution is 9.10. The highest BCUT2D eigenvalue weighted by Crippen LogP contribution is 2.34. The van der Waals surface area contributed by atoms with Gasteiger partial charge in [0.15, 0.2) is 5.78 Å². The largest absolute Gasteiger partial charge is 0.478 e. The number of carbonyl (C=O) groups excluding carboxylic acids is 1. The third kappa shape index (κ3) is 3.53. The van der Waals surface area contributed by atoms with Crippen LogP contribution in [0.1, 0.15) is 20.8 Å². The molecule has 0 saturated carbocycles. The molecule has 0 heterocycles. The van der Waals surface area contributed by atoms with E-state index in [0.717, 1.165) is 0 Å². The summed E-state index contributed by atoms with van der Waals surface area (Å²) in [5.41, 5.74) is -0.693. The van der Waals surface area contributed by atoms with Crippen LogP contribution >= 0.6 is 15.9 Å². The second-order valence-corrected chi connectivity index (χ2v) is 5.66. The minimum atomic E-state index is -0.540. The predicted molar refractivity (Wildman–Crippen MR) is 70.8 cm³/mol. The van der Waals surface area contributed by atoms with E-state index in [1.165, 1.54) is 6.07 Å². The molecule has 0 spiro atoms. The number of hydrogen-bond acceptors (Lipinski definition) is 4. The molecule has 1 aromatic rings. The maximum Gasteiger partial charge on any atom is 0.312 e. The third-order valence-electron chi connectivity index (χ3n) is 2.33. The van der Waals surface area contributed by atoms with E-state index in [-0.39, 0.29) is 23.8 Å². The fraction of sp³-hybridized carbons (Fsp3) is 0.417. The van der Waals surface area contributed by atoms with Crippen molar-refractivity contribution in [2.75, 3.05) is 6.61 Å². The van der Waals surface area contributed by atoms with Gasteiger partial charge in [0, 0.05) is 11.5 Å². The van der Waals surface area contributed by atoms with Crippen molar-refractivity contribution in [2.45, 2.75) is 20.8 Å². The van der Waals surface area contributed by atoms with Crippen LogP contribution in [0, 0.1) is 15.5 Å². The van der Waals surface area contributed by atoms with E-state index in [9.17, 15) is 14.9 Å². The summed E-state index contributed by atoms with van der Waals surface area (Å²) < 4.78 is 5.74. The number of Topliss-reactive ketones (excluding diaryl/α,β-unsaturated/α-hetero) is 1. The van der Waals surface area contributed by atoms with Crippen LogP contribution in [0.4, 0.5) is 5.69 Å². The number of carbonyl (C=O) groups is 1. The minimum absolute atomic E-state index is 0.0834. The number of halogens is 1. The number of ether oxygens (including phenoxy) is 1. The lowest BCUT2D eigenvalue weighted by molar-refractivity contribution is -0.385. The molecule has 0 aliphatic rings. The molecule has 6 heteroatoms. The normalized spacial score (nSPS) is 11.1. The highest BCUT2D eigenvalue weighted by atomic mass is 79.9. The van der Waals surface area contributed by atoms with Crippen molar-refractivity contribution >= 4 is 27.4 Å². The van der Waals surface area contributed by atoms with Crippen LogP contribution in [-0.4, -0.2) is 17.3 Å². The summed E-state index contributed by atoms with van der Waals surface area (Å²) in [6, 6.07) is 4.51. The molecule has 0 aliphatic carbocycles. The van der Waals surface area contributed by atoms with Crippen molar-refractivity contribution < 1.29 is 14.5 Å². The van der Waals surface area contributed by atoms with Crippen molar-refractivity contribution in [3.63, 3.8) is 0 Å². The molecular weight excluding hydrogens is 302 g/mol. The number of benzene rings is 1. The molecule has 0 bridgehead atoms. The molecule has 0 aromatic heterocycles. The molecule has 0 radical (unpaired) electrons. The van der Waals surface area contributed by atoms with E-state index in [1.807, 2.05) is 0 Å². The van der Waals surface area contributed by atoms with E-state index < -0.39 is 10.3 Å². The highest BCUT2D eigenvalue weighted by Gasteiger charge is 2.24. The molecule has 1 rings (SSSR count). The van der Waals surface area contributed by atoms with Crippen LogP contribution in [0.15, 0.2) is 22.7 Å². The fourth-order valence-corrected chi connectivity index (χ4v) is 1.61. The standard InChI is InChI=1S/C12H14BrNO4/c1-12(2,3)10(15)7-18-11-8(13)5-4-6-9(11)14(16)17/h4-6H,7H2,1-3H3. The number of hydrogen-bond donors (Lipinski definition) is 0. The van der Waals surface area contributed by atoms with Gasteiger partial charge in [-0.15, -0.1) is 0 Å². The van der Waals surface area contributed by atoms with Gasteiger partial charge >= 0.3 is 5.69 Å². The molecule has 0 saturated heterocycles. The summed E-state index contributed by atoms with van der Waals surface area (Å²) >= 11 is 3.18. The van der Waals surface area contributed by atoms with E-state index in [1.54, 1.807) is 32.9 Å². The van der Waals surface area contributed by atoms with Crippen LogP contribution in [0.25, 0.3) is 0 Å². The summed E-state index contributed by atoms with van der Waals surface area (Å²) in [5, 5.41) is 10.8. The first-order valence-electron chi connectivity index (χ1n) is 5.32. The Kier molecular flexibility index (Phi) is 4.45. The first kappa shape index (κ1) is 14.6. The first-order chi connectivity index (χ1) is 8.23. The number of rotatable bonds is 4. The Morgan fingerprint density at radius 1 is 1.44 bits per heavy atom. The lowest BCUT2D eigenvalue weighted by atomic mass is 9.91. The minimum Gasteiger partial charge on any atom is -0.478 e. The van der Waals surface area contributed by atoms with Gasteiger partial charge in [-0.25, -0.2) is 0 Å². The Morgan fingerprint density at radius 2 is 2.06 bits per heavy atom. The Morgan fingerprint density at radius 3 is 2.56 bits per heavy atom. The maximum atomic E-state index is 11.7. The zero-order chi connectivity index (χ0) is 13.9. The van der Waals surface area contributed by atoms with E-state index in [2.05, 4.69) is 15.9 Å². The van der Waals surface area contributed by atoms with Crippen molar-refractivity contribution in [1.29, 1.82) is 0 Å². The van der Waals surface area contributed by atoms with Gasteiger partial charge in [0.25, 0.3) is 0 Å². The Hall–Kier alpha value is -1.43. The average molecular weight is 316 g/mol. The molecule has 18 heavy (non-hydrogen) atoms. The molecule has 0 aliphatic heterocycles. The monoisotopic (exact) mass is 315 g/mol. The fourth-order valence-electron chi connectivity index (χ4n) is 1.14. The van der Waals surface area contributed by atoms with Crippen LogP contribution in [-0.2, 0) is 4.79 Å². The smallest absolute Gasteiger partial charge is 0.312 e. The van der Waals surface area contributed by atoms with Gasteiger partial charge in [-0.3, -0.25) is 14.9 Å². The second-order valence-electron chi connectivity index (χ2n) is 4.81. The SMILES string of the molecule is CC(C)(C)C(=O)COc1c(Br)cccc1[N+](=O)[O-]. The summed E-state index contributed by atoms with van der Waals surface area (Å²) in [6.07, 6.45) is 0. The van der Waals surface area contributed by atoms with Gasteiger partial charge in [-0.2, -0.15) is 0 Å². The van der Waals surface area contributed by atoms with Crippen molar-refractivity contribution in [2.24, 2.45) is 5.41 Å². The summed E-state index contributed by atoms with van der Waals surface area (Å²) in [4.78, 5) is 22.0. The van der Waals surface area contributed by atoms with Crippen molar-refractivity contribution in [1.82, 2.24) is 0 Å². The van der Waals surface area contributed by atoms with Gasteiger partial charge in [0.1, 0.15) is 6.61 Å². The summed E-state index contributed by atoms with van der Waals surface area (Å²) in [7, 11) is 0. The number of nitrogens with zero attached hydrogens (tertiary/aromatic N) is 1. The number of ketones is 1. The van der Waals surface area contributed by atoms with Crippen LogP contribution in [0.2, 0.25) is 0 Å². The summed E-state index contributed by atoms with van der Waals surface area (Å²) in [5.74, 6) is -0.0346. The Balaban J connectivity index is 2.92. The van der Waals surface area contributed by atoms with Crippen molar-refractivity contribution in [3.05, 3.63) is 32.8 Å². The van der Waals surface area contributed by atoms with Crippen LogP contribution in [0.3, 0.4) is 0 Å². The van der Waals surface area contributed by atoms with Gasteiger partial charge in [0.2, 0.25) is 5.75 Å². The lowest BCUT2D eigenvalue weighted by Gasteiger charge is -2.17. The average Bonchev–Trinajstić information content (AvgIpc) is 2.25. The van der Waals surface area contributed by atoms with E-state index >= 15 is 0 Å². The number of nitro groups is 1. The molecular formula is C12H14BrNO4. The quantitative estimate of drug-likeness (QED) is 0.631. The topological polar surface area (TPSA) is 69.4 Å². The van der Waals surface area contributed by atoms with Gasteiger partial charge < -0.3 is 4.74 Å². The molecule has 0 fully saturated rings. The van der Waals surface area contributed by atoms with Gasteiger partial charge in [-0.1, -0.05) is 26.8 Å². The molecule has 5 nitrogen and oxygen atoms in total. The van der Waals surface area contributed by atoms with E-state index in [0.29, 0.717) is 4.47 Å². The second kappa shape index (κ2) is 5.48. The molecule has 0 N–H and O–H groups in total. The van der Waals surface area contributed by atoms with E-state index in [4.69, 9.17) is 4.74 Å².